The van der Waals surface area contributed by atoms with Crippen molar-refractivity contribution in [2.75, 3.05) is 12.0 Å². The average molecular weight is 553 g/mol. The van der Waals surface area contributed by atoms with E-state index in [4.69, 9.17) is 10.5 Å². The molecule has 0 spiro atoms. The van der Waals surface area contributed by atoms with Gasteiger partial charge in [0.1, 0.15) is 5.84 Å². The van der Waals surface area contributed by atoms with Gasteiger partial charge in [0.05, 0.1) is 12.0 Å². The molecule has 11 heteroatoms. The molecule has 2 amide bonds. The van der Waals surface area contributed by atoms with Gasteiger partial charge in [-0.1, -0.05) is 68.3 Å². The van der Waals surface area contributed by atoms with Crippen molar-refractivity contribution in [3.8, 4) is 11.1 Å². The van der Waals surface area contributed by atoms with Gasteiger partial charge < -0.3 is 9.84 Å². The van der Waals surface area contributed by atoms with Crippen molar-refractivity contribution in [1.82, 2.24) is 5.32 Å². The number of carbonyl (C=O) groups is 2. The fourth-order valence-corrected chi connectivity index (χ4v) is 5.11. The topological polar surface area (TPSA) is 163 Å². The minimum Gasteiger partial charge on any atom is -0.465 e. The SMILES string of the molecule is CCCCC(Cc1cccc(C(=N)NC(=O)OC)c1)N(C(=O)O)c1ccc(-c2ccccc2S(N)(=O)=O)cc1. The first-order valence-corrected chi connectivity index (χ1v) is 13.9. The van der Waals surface area contributed by atoms with Gasteiger partial charge in [0.15, 0.2) is 0 Å². The highest BCUT2D eigenvalue weighted by Crippen LogP contribution is 2.30. The Morgan fingerprint density at radius 1 is 1.08 bits per heavy atom. The van der Waals surface area contributed by atoms with Crippen LogP contribution in [0.3, 0.4) is 0 Å². The van der Waals surface area contributed by atoms with E-state index in [1.807, 2.05) is 13.0 Å². The van der Waals surface area contributed by atoms with Crippen LogP contribution in [-0.2, 0) is 21.2 Å². The fourth-order valence-electron chi connectivity index (χ4n) is 4.35. The number of nitrogens with two attached hydrogens (primary N) is 1. The number of carboxylic acid groups (broad SMARTS) is 1. The zero-order valence-electron chi connectivity index (χ0n) is 21.8. The number of unbranched alkanes of at least 4 members (excludes halogenated alkanes) is 1. The molecular formula is C28H32N4O6S. The molecule has 3 rings (SSSR count). The summed E-state index contributed by atoms with van der Waals surface area (Å²) in [6.07, 6.45) is 0.778. The maximum atomic E-state index is 12.5. The normalized spacial score (nSPS) is 11.9. The number of alkyl carbamates (subject to hydrolysis) is 1. The standard InChI is InChI=1S/C28H32N4O6S/c1-3-4-10-23(18-19-8-7-9-21(17-19)26(29)31-27(33)38-2)32(28(34)35)22-15-13-20(14-16-22)24-11-5-6-12-25(24)39(30,36)37/h5-9,11-17,23H,3-4,10,18H2,1-2H3,(H,34,35)(H2,29,31,33)(H2,30,36,37). The number of benzene rings is 3. The van der Waals surface area contributed by atoms with Crippen molar-refractivity contribution in [3.63, 3.8) is 0 Å². The van der Waals surface area contributed by atoms with Crippen LogP contribution in [0.5, 0.6) is 0 Å². The molecule has 0 saturated carbocycles. The third-order valence-electron chi connectivity index (χ3n) is 6.21. The number of ether oxygens (including phenoxy) is 1. The van der Waals surface area contributed by atoms with E-state index in [-0.39, 0.29) is 10.7 Å². The Morgan fingerprint density at radius 2 is 1.77 bits per heavy atom. The summed E-state index contributed by atoms with van der Waals surface area (Å²) in [4.78, 5) is 25.3. The Bertz CT molecular complexity index is 1440. The zero-order chi connectivity index (χ0) is 28.6. The lowest BCUT2D eigenvalue weighted by Crippen LogP contribution is -2.41. The number of hydrogen-bond donors (Lipinski definition) is 4. The molecule has 0 fully saturated rings. The van der Waals surface area contributed by atoms with Gasteiger partial charge in [-0.15, -0.1) is 0 Å². The van der Waals surface area contributed by atoms with E-state index in [9.17, 15) is 23.1 Å². The van der Waals surface area contributed by atoms with Crippen LogP contribution in [-0.4, -0.2) is 44.7 Å². The number of methoxy groups -OCH3 is 1. The monoisotopic (exact) mass is 552 g/mol. The second-order valence-corrected chi connectivity index (χ2v) is 10.5. The molecule has 10 nitrogen and oxygen atoms in total. The summed E-state index contributed by atoms with van der Waals surface area (Å²) in [5.74, 6) is -0.126. The predicted molar refractivity (Wildman–Crippen MR) is 150 cm³/mol. The Labute approximate surface area is 228 Å². The molecule has 0 saturated heterocycles. The van der Waals surface area contributed by atoms with Crippen LogP contribution in [0.4, 0.5) is 15.3 Å². The first-order chi connectivity index (χ1) is 18.5. The van der Waals surface area contributed by atoms with Crippen LogP contribution in [0.1, 0.15) is 37.3 Å². The molecule has 0 aliphatic rings. The number of rotatable bonds is 10. The fraction of sp³-hybridized carbons (Fsp3) is 0.250. The van der Waals surface area contributed by atoms with Crippen molar-refractivity contribution >= 4 is 33.7 Å². The van der Waals surface area contributed by atoms with E-state index in [0.717, 1.165) is 18.4 Å². The first-order valence-electron chi connectivity index (χ1n) is 12.3. The van der Waals surface area contributed by atoms with Crippen LogP contribution in [0.2, 0.25) is 0 Å². The Hall–Kier alpha value is -4.22. The molecule has 3 aromatic carbocycles. The highest BCUT2D eigenvalue weighted by molar-refractivity contribution is 7.89. The van der Waals surface area contributed by atoms with Crippen molar-refractivity contribution < 1.29 is 27.9 Å². The van der Waals surface area contributed by atoms with Gasteiger partial charge in [-0.05, 0) is 48.2 Å². The lowest BCUT2D eigenvalue weighted by Gasteiger charge is -2.30. The van der Waals surface area contributed by atoms with Crippen LogP contribution >= 0.6 is 0 Å². The number of nitrogens with zero attached hydrogens (tertiary/aromatic N) is 1. The second-order valence-electron chi connectivity index (χ2n) is 8.93. The lowest BCUT2D eigenvalue weighted by molar-refractivity contribution is 0.176. The Kier molecular flexibility index (Phi) is 9.80. The van der Waals surface area contributed by atoms with E-state index in [1.165, 1.54) is 18.1 Å². The van der Waals surface area contributed by atoms with Crippen LogP contribution in [0.15, 0.2) is 77.7 Å². The maximum Gasteiger partial charge on any atom is 0.412 e. The highest BCUT2D eigenvalue weighted by atomic mass is 32.2. The van der Waals surface area contributed by atoms with Gasteiger partial charge in [0, 0.05) is 22.9 Å². The number of nitrogens with one attached hydrogen (secondary N) is 2. The molecule has 3 aromatic rings. The van der Waals surface area contributed by atoms with Crippen LogP contribution < -0.4 is 15.4 Å². The lowest BCUT2D eigenvalue weighted by atomic mass is 9.97. The van der Waals surface area contributed by atoms with Crippen molar-refractivity contribution in [2.24, 2.45) is 5.14 Å². The summed E-state index contributed by atoms with van der Waals surface area (Å²) < 4.78 is 28.6. The Balaban J connectivity index is 1.93. The van der Waals surface area contributed by atoms with E-state index in [0.29, 0.717) is 35.2 Å². The molecule has 0 bridgehead atoms. The summed E-state index contributed by atoms with van der Waals surface area (Å²) in [5.41, 5.74) is 2.72. The molecule has 0 heterocycles. The zero-order valence-corrected chi connectivity index (χ0v) is 22.6. The number of sulfonamides is 1. The molecule has 206 valence electrons. The van der Waals surface area contributed by atoms with Crippen molar-refractivity contribution in [2.45, 2.75) is 43.5 Å². The minimum atomic E-state index is -3.95. The van der Waals surface area contributed by atoms with Crippen LogP contribution in [0, 0.1) is 5.41 Å². The van der Waals surface area contributed by atoms with Gasteiger partial charge >= 0.3 is 12.2 Å². The molecule has 0 aromatic heterocycles. The smallest absolute Gasteiger partial charge is 0.412 e. The summed E-state index contributed by atoms with van der Waals surface area (Å²) >= 11 is 0. The average Bonchev–Trinajstić information content (AvgIpc) is 2.91. The van der Waals surface area contributed by atoms with Crippen molar-refractivity contribution in [1.29, 1.82) is 5.41 Å². The number of anilines is 1. The number of hydrogen-bond acceptors (Lipinski definition) is 6. The van der Waals surface area contributed by atoms with E-state index >= 15 is 0 Å². The largest absolute Gasteiger partial charge is 0.465 e. The minimum absolute atomic E-state index is 0.0131. The van der Waals surface area contributed by atoms with Crippen LogP contribution in [0.25, 0.3) is 11.1 Å². The van der Waals surface area contributed by atoms with Gasteiger partial charge in [0.2, 0.25) is 10.0 Å². The third kappa shape index (κ3) is 7.65. The molecule has 39 heavy (non-hydrogen) atoms. The molecule has 5 N–H and O–H groups in total. The summed E-state index contributed by atoms with van der Waals surface area (Å²) in [7, 11) is -2.74. The van der Waals surface area contributed by atoms with Gasteiger partial charge in [-0.2, -0.15) is 0 Å². The summed E-state index contributed by atoms with van der Waals surface area (Å²) in [6, 6.07) is 19.6. The van der Waals surface area contributed by atoms with Gasteiger partial charge in [-0.25, -0.2) is 23.1 Å². The first kappa shape index (κ1) is 29.3. The summed E-state index contributed by atoms with van der Waals surface area (Å²) in [6.45, 7) is 2.03. The number of amidine groups is 1. The molecule has 0 aliphatic heterocycles. The second kappa shape index (κ2) is 13.0. The number of primary sulfonamides is 1. The predicted octanol–water partition coefficient (Wildman–Crippen LogP) is 4.97. The summed E-state index contributed by atoms with van der Waals surface area (Å²) in [5, 5.41) is 26.0. The molecule has 0 aliphatic carbocycles. The molecular weight excluding hydrogens is 520 g/mol. The van der Waals surface area contributed by atoms with E-state index in [1.54, 1.807) is 60.7 Å². The quantitative estimate of drug-likeness (QED) is 0.205. The van der Waals surface area contributed by atoms with Gasteiger partial charge in [0.25, 0.3) is 0 Å². The number of carbonyl (C=O) groups excluding carboxylic acids is 1. The molecule has 1 unspecified atom stereocenters. The maximum absolute atomic E-state index is 12.5. The number of amides is 2. The third-order valence-corrected chi connectivity index (χ3v) is 7.18. The highest BCUT2D eigenvalue weighted by Gasteiger charge is 2.26. The van der Waals surface area contributed by atoms with Gasteiger partial charge in [-0.3, -0.25) is 15.6 Å². The van der Waals surface area contributed by atoms with E-state index in [2.05, 4.69) is 10.1 Å². The molecule has 1 atom stereocenters. The Morgan fingerprint density at radius 3 is 2.38 bits per heavy atom. The van der Waals surface area contributed by atoms with E-state index < -0.39 is 28.3 Å². The molecule has 0 radical (unpaired) electrons. The van der Waals surface area contributed by atoms with Crippen molar-refractivity contribution in [3.05, 3.63) is 83.9 Å².